The number of hydrogen-bond acceptors (Lipinski definition) is 4. The number of ether oxygens (including phenoxy) is 1. The zero-order chi connectivity index (χ0) is 18.8. The quantitative estimate of drug-likeness (QED) is 0.807. The number of ketones is 1. The molecule has 3 rings (SSSR count). The molecule has 0 bridgehead atoms. The molecule has 4 nitrogen and oxygen atoms in total. The largest absolute Gasteiger partial charge is 0.381 e. The summed E-state index contributed by atoms with van der Waals surface area (Å²) in [7, 11) is -3.28. The number of hydrogen-bond donors (Lipinski definition) is 0. The molecule has 1 unspecified atom stereocenters. The van der Waals surface area contributed by atoms with Crippen LogP contribution in [0, 0.1) is 5.92 Å². The number of sulfone groups is 1. The molecule has 1 saturated heterocycles. The van der Waals surface area contributed by atoms with E-state index < -0.39 is 15.3 Å². The van der Waals surface area contributed by atoms with E-state index in [-0.39, 0.29) is 16.6 Å². The van der Waals surface area contributed by atoms with Gasteiger partial charge in [0, 0.05) is 19.5 Å². The van der Waals surface area contributed by atoms with E-state index in [0.29, 0.717) is 13.2 Å². The van der Waals surface area contributed by atoms with E-state index >= 15 is 0 Å². The van der Waals surface area contributed by atoms with Gasteiger partial charge in [-0.05, 0) is 48.9 Å². The first-order chi connectivity index (χ1) is 12.4. The van der Waals surface area contributed by atoms with E-state index in [2.05, 4.69) is 0 Å². The molecule has 1 aliphatic rings. The molecule has 0 N–H and O–H groups in total. The molecule has 2 aromatic rings. The fraction of sp³-hybridized carbons (Fsp3) is 0.381. The van der Waals surface area contributed by atoms with E-state index in [9.17, 15) is 13.2 Å². The van der Waals surface area contributed by atoms with Crippen LogP contribution in [0.2, 0.25) is 0 Å². The highest BCUT2D eigenvalue weighted by Crippen LogP contribution is 2.44. The topological polar surface area (TPSA) is 60.4 Å². The summed E-state index contributed by atoms with van der Waals surface area (Å²) >= 11 is 0. The van der Waals surface area contributed by atoms with Gasteiger partial charge in [0.1, 0.15) is 5.78 Å². The lowest BCUT2D eigenvalue weighted by molar-refractivity contribution is -0.124. The van der Waals surface area contributed by atoms with Gasteiger partial charge in [-0.3, -0.25) is 4.79 Å². The van der Waals surface area contributed by atoms with Crippen molar-refractivity contribution in [1.82, 2.24) is 0 Å². The van der Waals surface area contributed by atoms with Gasteiger partial charge in [-0.2, -0.15) is 0 Å². The van der Waals surface area contributed by atoms with E-state index in [1.807, 2.05) is 30.3 Å². The summed E-state index contributed by atoms with van der Waals surface area (Å²) in [5, 5.41) is 0. The Morgan fingerprint density at radius 2 is 1.50 bits per heavy atom. The molecule has 1 fully saturated rings. The first kappa shape index (κ1) is 18.8. The fourth-order valence-electron chi connectivity index (χ4n) is 4.13. The molecule has 26 heavy (non-hydrogen) atoms. The van der Waals surface area contributed by atoms with Gasteiger partial charge in [-0.1, -0.05) is 42.5 Å². The minimum Gasteiger partial charge on any atom is -0.381 e. The molecule has 0 amide bonds. The van der Waals surface area contributed by atoms with Gasteiger partial charge in [0.05, 0.1) is 10.3 Å². The van der Waals surface area contributed by atoms with Crippen molar-refractivity contribution in [3.63, 3.8) is 0 Å². The number of carbonyl (C=O) groups is 1. The van der Waals surface area contributed by atoms with Crippen LogP contribution in [0.4, 0.5) is 0 Å². The summed E-state index contributed by atoms with van der Waals surface area (Å²) in [6.45, 7) is 2.90. The Morgan fingerprint density at radius 3 is 2.00 bits per heavy atom. The van der Waals surface area contributed by atoms with Gasteiger partial charge in [-0.15, -0.1) is 0 Å². The van der Waals surface area contributed by atoms with Crippen molar-refractivity contribution in [3.05, 3.63) is 65.7 Å². The summed E-state index contributed by atoms with van der Waals surface area (Å²) < 4.78 is 29.2. The molecule has 138 valence electrons. The molecular weight excluding hydrogens is 348 g/mol. The van der Waals surface area contributed by atoms with Crippen LogP contribution in [0.3, 0.4) is 0 Å². The third kappa shape index (κ3) is 3.33. The minimum atomic E-state index is -3.28. The monoisotopic (exact) mass is 372 g/mol. The third-order valence-corrected chi connectivity index (χ3v) is 6.48. The smallest absolute Gasteiger partial charge is 0.175 e. The Balaban J connectivity index is 2.21. The van der Waals surface area contributed by atoms with Crippen molar-refractivity contribution in [3.8, 4) is 0 Å². The fourth-order valence-corrected chi connectivity index (χ4v) is 4.76. The van der Waals surface area contributed by atoms with Crippen LogP contribution in [0.1, 0.15) is 30.9 Å². The molecule has 1 aliphatic heterocycles. The van der Waals surface area contributed by atoms with Gasteiger partial charge in [0.25, 0.3) is 0 Å². The van der Waals surface area contributed by atoms with Crippen molar-refractivity contribution < 1.29 is 17.9 Å². The van der Waals surface area contributed by atoms with Crippen molar-refractivity contribution >= 4 is 15.6 Å². The highest BCUT2D eigenvalue weighted by Gasteiger charge is 2.46. The number of rotatable bonds is 5. The highest BCUT2D eigenvalue weighted by molar-refractivity contribution is 7.90. The maximum absolute atomic E-state index is 13.1. The lowest BCUT2D eigenvalue weighted by atomic mass is 9.61. The normalized spacial score (nSPS) is 18.2. The first-order valence-electron chi connectivity index (χ1n) is 8.81. The predicted molar refractivity (Wildman–Crippen MR) is 101 cm³/mol. The van der Waals surface area contributed by atoms with E-state index in [1.165, 1.54) is 6.26 Å². The molecule has 0 saturated carbocycles. The van der Waals surface area contributed by atoms with Crippen LogP contribution in [0.25, 0.3) is 0 Å². The molecule has 0 aliphatic carbocycles. The zero-order valence-corrected chi connectivity index (χ0v) is 16.0. The number of carbonyl (C=O) groups excluding carboxylic acids is 1. The average Bonchev–Trinajstić information content (AvgIpc) is 2.64. The Hall–Kier alpha value is -1.98. The molecule has 0 radical (unpaired) electrons. The first-order valence-corrected chi connectivity index (χ1v) is 10.7. The molecule has 1 atom stereocenters. The minimum absolute atomic E-state index is 0.0719. The summed E-state index contributed by atoms with van der Waals surface area (Å²) in [4.78, 5) is 13.4. The summed E-state index contributed by atoms with van der Waals surface area (Å²) in [5.74, 6) is 0.183. The second kappa shape index (κ2) is 7.33. The Labute approximate surface area is 155 Å². The van der Waals surface area contributed by atoms with Crippen molar-refractivity contribution in [2.24, 2.45) is 5.92 Å². The maximum atomic E-state index is 13.1. The lowest BCUT2D eigenvalue weighted by Gasteiger charge is -2.42. The van der Waals surface area contributed by atoms with Crippen LogP contribution in [0.5, 0.6) is 0 Å². The second-order valence-electron chi connectivity index (χ2n) is 6.91. The van der Waals surface area contributed by atoms with Gasteiger partial charge in [-0.25, -0.2) is 8.42 Å². The van der Waals surface area contributed by atoms with Crippen molar-refractivity contribution in [1.29, 1.82) is 0 Å². The van der Waals surface area contributed by atoms with Crippen LogP contribution < -0.4 is 0 Å². The third-order valence-electron chi connectivity index (χ3n) is 5.36. The average molecular weight is 372 g/mol. The van der Waals surface area contributed by atoms with Crippen LogP contribution in [-0.2, 0) is 24.8 Å². The van der Waals surface area contributed by atoms with Crippen LogP contribution >= 0.6 is 0 Å². The SMILES string of the molecule is CC(=O)C(c1ccccc1)(c1ccc(S(C)(=O)=O)cc1)C1CCOCC1. The summed E-state index contributed by atoms with van der Waals surface area (Å²) in [6.07, 6.45) is 2.78. The van der Waals surface area contributed by atoms with Crippen LogP contribution in [0.15, 0.2) is 59.5 Å². The maximum Gasteiger partial charge on any atom is 0.175 e. The van der Waals surface area contributed by atoms with Gasteiger partial charge in [0.2, 0.25) is 0 Å². The Bertz CT molecular complexity index is 866. The Kier molecular flexibility index (Phi) is 5.30. The van der Waals surface area contributed by atoms with Gasteiger partial charge < -0.3 is 4.74 Å². The molecule has 0 spiro atoms. The lowest BCUT2D eigenvalue weighted by Crippen LogP contribution is -2.45. The second-order valence-corrected chi connectivity index (χ2v) is 8.93. The number of Topliss-reactive ketones (excluding diaryl/α,β-unsaturated/α-hetero) is 1. The molecule has 2 aromatic carbocycles. The van der Waals surface area contributed by atoms with Crippen LogP contribution in [-0.4, -0.2) is 33.7 Å². The van der Waals surface area contributed by atoms with Crippen molar-refractivity contribution in [2.75, 3.05) is 19.5 Å². The molecule has 1 heterocycles. The molecular formula is C21H24O4S. The highest BCUT2D eigenvalue weighted by atomic mass is 32.2. The predicted octanol–water partition coefficient (Wildman–Crippen LogP) is 3.39. The van der Waals surface area contributed by atoms with E-state index in [0.717, 1.165) is 24.0 Å². The summed E-state index contributed by atoms with van der Waals surface area (Å²) in [6, 6.07) is 16.6. The molecule has 0 aromatic heterocycles. The summed E-state index contributed by atoms with van der Waals surface area (Å²) in [5.41, 5.74) is 1.00. The Morgan fingerprint density at radius 1 is 0.962 bits per heavy atom. The molecule has 5 heteroatoms. The number of benzene rings is 2. The zero-order valence-electron chi connectivity index (χ0n) is 15.1. The van der Waals surface area contributed by atoms with Crippen molar-refractivity contribution in [2.45, 2.75) is 30.1 Å². The van der Waals surface area contributed by atoms with Gasteiger partial charge in [0.15, 0.2) is 9.84 Å². The van der Waals surface area contributed by atoms with E-state index in [4.69, 9.17) is 4.74 Å². The standard InChI is InChI=1S/C21H24O4S/c1-16(22)21(17-6-4-3-5-7-17,19-12-14-25-15-13-19)18-8-10-20(11-9-18)26(2,23)24/h3-11,19H,12-15H2,1-2H3. The van der Waals surface area contributed by atoms with E-state index in [1.54, 1.807) is 31.2 Å². The van der Waals surface area contributed by atoms with Gasteiger partial charge >= 0.3 is 0 Å².